The summed E-state index contributed by atoms with van der Waals surface area (Å²) in [6, 6.07) is 13.2. The van der Waals surface area contributed by atoms with Crippen LogP contribution in [0.15, 0.2) is 59.5 Å². The topological polar surface area (TPSA) is 127 Å². The minimum atomic E-state index is -0.468. The molecule has 1 aliphatic carbocycles. The number of nitrogens with zero attached hydrogens (tertiary/aromatic N) is 4. The Hall–Kier alpha value is -4.12. The van der Waals surface area contributed by atoms with Crippen LogP contribution in [0.2, 0.25) is 15.1 Å². The Bertz CT molecular complexity index is 1880. The molecule has 2 amide bonds. The van der Waals surface area contributed by atoms with Gasteiger partial charge in [0.25, 0.3) is 5.56 Å². The maximum Gasteiger partial charge on any atom is 0.324 e. The number of ether oxygens (including phenoxy) is 1. The number of fused-ring (bicyclic) bond motifs is 1. The Morgan fingerprint density at radius 3 is 2.52 bits per heavy atom. The number of hydrogen-bond acceptors (Lipinski definition) is 6. The van der Waals surface area contributed by atoms with Gasteiger partial charge in [0.05, 0.1) is 28.5 Å². The maximum atomic E-state index is 13.5. The molecule has 2 aromatic carbocycles. The predicted octanol–water partition coefficient (Wildman–Crippen LogP) is 6.76. The molecule has 0 saturated heterocycles. The quantitative estimate of drug-likeness (QED) is 0.184. The van der Waals surface area contributed by atoms with E-state index in [9.17, 15) is 9.59 Å². The first-order valence-electron chi connectivity index (χ1n) is 13.0. The van der Waals surface area contributed by atoms with Gasteiger partial charge in [-0.25, -0.2) is 19.4 Å². The number of amides is 2. The fourth-order valence-corrected chi connectivity index (χ4v) is 5.72. The molecule has 1 saturated carbocycles. The first-order valence-corrected chi connectivity index (χ1v) is 14.1. The van der Waals surface area contributed by atoms with Gasteiger partial charge in [-0.3, -0.25) is 10.1 Å². The van der Waals surface area contributed by atoms with E-state index in [0.29, 0.717) is 50.5 Å². The molecule has 0 unspecified atom stereocenters. The van der Waals surface area contributed by atoms with Gasteiger partial charge < -0.3 is 15.0 Å². The van der Waals surface area contributed by atoms with Gasteiger partial charge >= 0.3 is 6.03 Å². The van der Waals surface area contributed by atoms with Crippen molar-refractivity contribution in [2.24, 2.45) is 0 Å². The molecular weight excluding hydrogens is 601 g/mol. The number of nitrogens with one attached hydrogen (secondary N) is 3. The lowest BCUT2D eigenvalue weighted by Crippen LogP contribution is -2.20. The van der Waals surface area contributed by atoms with Crippen LogP contribution in [-0.2, 0) is 11.8 Å². The lowest BCUT2D eigenvalue weighted by molar-refractivity contribution is 0.262. The van der Waals surface area contributed by atoms with Crippen molar-refractivity contribution in [3.05, 3.63) is 97.2 Å². The number of H-pyrrole nitrogens is 1. The van der Waals surface area contributed by atoms with E-state index in [1.165, 1.54) is 11.8 Å². The second-order valence-electron chi connectivity index (χ2n) is 10.3. The Morgan fingerprint density at radius 2 is 1.86 bits per heavy atom. The Kier molecular flexibility index (Phi) is 7.30. The van der Waals surface area contributed by atoms with Crippen molar-refractivity contribution >= 4 is 63.4 Å². The van der Waals surface area contributed by atoms with Gasteiger partial charge in [-0.1, -0.05) is 53.9 Å². The smallest absolute Gasteiger partial charge is 0.324 e. The minimum absolute atomic E-state index is 0.232. The zero-order valence-electron chi connectivity index (χ0n) is 22.5. The summed E-state index contributed by atoms with van der Waals surface area (Å²) in [5.41, 5.74) is 2.10. The second-order valence-corrected chi connectivity index (χ2v) is 11.5. The SMILES string of the molecule is COc1cc(Cc2nc3c(c(C4(C)CC4)nn3-c3c(Cl)cc(Cl)cc3Cl)c(=O)[nH]2)ccc1NC(=O)Nc1ccccn1. The third kappa shape index (κ3) is 5.40. The number of halogens is 3. The van der Waals surface area contributed by atoms with Crippen molar-refractivity contribution in [3.63, 3.8) is 0 Å². The number of carbonyl (C=O) groups excluding carboxylic acids is 1. The van der Waals surface area contributed by atoms with Gasteiger partial charge in [0, 0.05) is 23.1 Å². The third-order valence-corrected chi connectivity index (χ3v) is 7.94. The molecular formula is C29H24Cl3N7O3. The molecule has 214 valence electrons. The molecule has 13 heteroatoms. The summed E-state index contributed by atoms with van der Waals surface area (Å²) in [6.07, 6.45) is 3.66. The number of methoxy groups -OCH3 is 1. The van der Waals surface area contributed by atoms with Crippen molar-refractivity contribution in [1.82, 2.24) is 24.7 Å². The number of hydrogen-bond donors (Lipinski definition) is 3. The van der Waals surface area contributed by atoms with Crippen LogP contribution in [0.1, 0.15) is 36.8 Å². The normalized spacial score (nSPS) is 13.6. The number of anilines is 2. The molecule has 1 aliphatic rings. The van der Waals surface area contributed by atoms with E-state index >= 15 is 0 Å². The summed E-state index contributed by atoms with van der Waals surface area (Å²) in [4.78, 5) is 37.8. The molecule has 0 radical (unpaired) electrons. The van der Waals surface area contributed by atoms with Crippen molar-refractivity contribution in [2.75, 3.05) is 17.7 Å². The largest absolute Gasteiger partial charge is 0.495 e. The highest BCUT2D eigenvalue weighted by molar-refractivity contribution is 6.40. The predicted molar refractivity (Wildman–Crippen MR) is 164 cm³/mol. The number of urea groups is 1. The number of aromatic nitrogens is 5. The van der Waals surface area contributed by atoms with Gasteiger partial charge in [-0.05, 0) is 54.8 Å². The van der Waals surface area contributed by atoms with Gasteiger partial charge in [0.1, 0.15) is 28.5 Å². The van der Waals surface area contributed by atoms with Gasteiger partial charge in [-0.15, -0.1) is 0 Å². The van der Waals surface area contributed by atoms with E-state index < -0.39 is 6.03 Å². The second kappa shape index (κ2) is 10.9. The number of rotatable bonds is 7. The average Bonchev–Trinajstić information content (AvgIpc) is 3.58. The molecule has 3 heterocycles. The zero-order valence-corrected chi connectivity index (χ0v) is 24.7. The van der Waals surface area contributed by atoms with Crippen molar-refractivity contribution in [2.45, 2.75) is 31.6 Å². The van der Waals surface area contributed by atoms with E-state index in [-0.39, 0.29) is 27.4 Å². The van der Waals surface area contributed by atoms with Gasteiger partial charge in [0.2, 0.25) is 0 Å². The molecule has 0 bridgehead atoms. The monoisotopic (exact) mass is 623 g/mol. The Morgan fingerprint density at radius 1 is 1.10 bits per heavy atom. The molecule has 1 fully saturated rings. The molecule has 3 aromatic heterocycles. The molecule has 42 heavy (non-hydrogen) atoms. The molecule has 0 aliphatic heterocycles. The fraction of sp³-hybridized carbons (Fsp3) is 0.207. The summed E-state index contributed by atoms with van der Waals surface area (Å²) in [5, 5.41) is 11.6. The Labute approximate surface area is 255 Å². The molecule has 6 rings (SSSR count). The van der Waals surface area contributed by atoms with Crippen LogP contribution in [0.5, 0.6) is 5.75 Å². The number of benzene rings is 2. The zero-order chi connectivity index (χ0) is 29.6. The van der Waals surface area contributed by atoms with Crippen molar-refractivity contribution < 1.29 is 9.53 Å². The first-order chi connectivity index (χ1) is 20.1. The summed E-state index contributed by atoms with van der Waals surface area (Å²) in [6.45, 7) is 2.07. The lowest BCUT2D eigenvalue weighted by atomic mass is 10.0. The van der Waals surface area contributed by atoms with Crippen molar-refractivity contribution in [3.8, 4) is 11.4 Å². The maximum absolute atomic E-state index is 13.5. The highest BCUT2D eigenvalue weighted by atomic mass is 35.5. The molecule has 0 spiro atoms. The fourth-order valence-electron chi connectivity index (χ4n) is 4.74. The van der Waals surface area contributed by atoms with Crippen LogP contribution in [0.3, 0.4) is 0 Å². The number of pyridine rings is 1. The number of carbonyl (C=O) groups is 1. The summed E-state index contributed by atoms with van der Waals surface area (Å²) in [7, 11) is 1.51. The molecule has 0 atom stereocenters. The minimum Gasteiger partial charge on any atom is -0.495 e. The summed E-state index contributed by atoms with van der Waals surface area (Å²) < 4.78 is 7.05. The van der Waals surface area contributed by atoms with E-state index in [4.69, 9.17) is 49.6 Å². The average molecular weight is 625 g/mol. The molecule has 5 aromatic rings. The number of aromatic amines is 1. The van der Waals surface area contributed by atoms with Crippen LogP contribution in [0, 0.1) is 0 Å². The van der Waals surface area contributed by atoms with Crippen LogP contribution in [0.25, 0.3) is 16.7 Å². The van der Waals surface area contributed by atoms with Gasteiger partial charge in [0.15, 0.2) is 5.65 Å². The highest BCUT2D eigenvalue weighted by Gasteiger charge is 2.44. The van der Waals surface area contributed by atoms with Crippen molar-refractivity contribution in [1.29, 1.82) is 0 Å². The van der Waals surface area contributed by atoms with Crippen LogP contribution >= 0.6 is 34.8 Å². The Balaban J connectivity index is 1.35. The van der Waals surface area contributed by atoms with Gasteiger partial charge in [-0.2, -0.15) is 5.10 Å². The van der Waals surface area contributed by atoms with Crippen LogP contribution < -0.4 is 20.9 Å². The van der Waals surface area contributed by atoms with E-state index in [2.05, 4.69) is 27.5 Å². The standard InChI is InChI=1S/C29H24Cl3N7O3/c1-29(8-9-29)25-23-26(39(38-25)24-17(31)13-16(30)14-18(24)32)35-22(36-27(23)40)12-15-6-7-19(20(11-15)42-2)34-28(41)37-21-5-3-4-10-33-21/h3-7,10-11,13-14H,8-9,12H2,1-2H3,(H,35,36,40)(H2,33,34,37,41). The highest BCUT2D eigenvalue weighted by Crippen LogP contribution is 2.49. The summed E-state index contributed by atoms with van der Waals surface area (Å²) in [5.74, 6) is 1.24. The third-order valence-electron chi connectivity index (χ3n) is 7.14. The molecule has 3 N–H and O–H groups in total. The van der Waals surface area contributed by atoms with E-state index in [1.54, 1.807) is 48.7 Å². The van der Waals surface area contributed by atoms with E-state index in [0.717, 1.165) is 18.4 Å². The lowest BCUT2D eigenvalue weighted by Gasteiger charge is -2.13. The van der Waals surface area contributed by atoms with Crippen LogP contribution in [0.4, 0.5) is 16.3 Å². The van der Waals surface area contributed by atoms with Crippen LogP contribution in [-0.4, -0.2) is 37.9 Å². The summed E-state index contributed by atoms with van der Waals surface area (Å²) >= 11 is 19.3. The molecule has 10 nitrogen and oxygen atoms in total. The first kappa shape index (κ1) is 28.0. The van der Waals surface area contributed by atoms with E-state index in [1.807, 2.05) is 6.07 Å².